The number of hydrogen-bond acceptors (Lipinski definition) is 2. The molecule has 29 heavy (non-hydrogen) atoms. The van der Waals surface area contributed by atoms with Crippen molar-refractivity contribution >= 4 is 5.57 Å². The highest BCUT2D eigenvalue weighted by Crippen LogP contribution is 2.33. The molecule has 1 aliphatic rings. The molecule has 0 bridgehead atoms. The molecule has 0 spiro atoms. The van der Waals surface area contributed by atoms with Gasteiger partial charge in [-0.3, -0.25) is 0 Å². The van der Waals surface area contributed by atoms with E-state index in [1.807, 2.05) is 18.2 Å². The van der Waals surface area contributed by atoms with E-state index in [0.717, 1.165) is 40.8 Å². The minimum atomic E-state index is 0.00705. The number of hydrogen-bond donors (Lipinski definition) is 1. The van der Waals surface area contributed by atoms with E-state index < -0.39 is 0 Å². The minimum Gasteiger partial charge on any atom is -0.497 e. The van der Waals surface area contributed by atoms with E-state index in [0.29, 0.717) is 0 Å². The minimum absolute atomic E-state index is 0.00705. The first-order valence-electron chi connectivity index (χ1n) is 9.84. The average molecular weight is 380 g/mol. The van der Waals surface area contributed by atoms with Gasteiger partial charge in [0.2, 0.25) is 0 Å². The molecule has 2 nitrogen and oxygen atoms in total. The van der Waals surface area contributed by atoms with Gasteiger partial charge in [0, 0.05) is 11.1 Å². The molecule has 0 saturated carbocycles. The van der Waals surface area contributed by atoms with Crippen LogP contribution in [0.15, 0.2) is 66.7 Å². The summed E-state index contributed by atoms with van der Waals surface area (Å²) in [5.41, 5.74) is 9.18. The largest absolute Gasteiger partial charge is 0.497 e. The lowest BCUT2D eigenvalue weighted by molar-refractivity contribution is 0.281. The second-order valence-corrected chi connectivity index (χ2v) is 7.41. The summed E-state index contributed by atoms with van der Waals surface area (Å²) in [4.78, 5) is 0. The van der Waals surface area contributed by atoms with Gasteiger partial charge in [-0.2, -0.15) is 0 Å². The highest BCUT2D eigenvalue weighted by Gasteiger charge is 2.18. The lowest BCUT2D eigenvalue weighted by Gasteiger charge is -2.11. The van der Waals surface area contributed by atoms with E-state index in [1.165, 1.54) is 22.3 Å². The van der Waals surface area contributed by atoms with Gasteiger partial charge in [0.25, 0.3) is 0 Å². The van der Waals surface area contributed by atoms with Gasteiger partial charge in [-0.1, -0.05) is 53.8 Å². The van der Waals surface area contributed by atoms with Crippen molar-refractivity contribution in [3.8, 4) is 17.6 Å². The summed E-state index contributed by atoms with van der Waals surface area (Å²) < 4.78 is 5.40. The van der Waals surface area contributed by atoms with Gasteiger partial charge in [0.1, 0.15) is 5.75 Å². The van der Waals surface area contributed by atoms with Crippen molar-refractivity contribution in [3.63, 3.8) is 0 Å². The number of aliphatic hydroxyl groups is 1. The zero-order valence-electron chi connectivity index (χ0n) is 16.8. The number of fused-ring (bicyclic) bond motifs is 1. The van der Waals surface area contributed by atoms with Gasteiger partial charge in [-0.25, -0.2) is 0 Å². The SMILES string of the molecule is COc1cc(CO)cc(CC2=CCc3cccc(C#Cc4ccc(C)cc4)c32)c1. The zero-order chi connectivity index (χ0) is 20.2. The van der Waals surface area contributed by atoms with Gasteiger partial charge >= 0.3 is 0 Å². The Labute approximate surface area is 172 Å². The number of rotatable bonds is 4. The Morgan fingerprint density at radius 3 is 2.52 bits per heavy atom. The third kappa shape index (κ3) is 4.26. The van der Waals surface area contributed by atoms with Crippen LogP contribution in [0.4, 0.5) is 0 Å². The fourth-order valence-corrected chi connectivity index (χ4v) is 3.79. The van der Waals surface area contributed by atoms with Crippen LogP contribution in [0.3, 0.4) is 0 Å². The van der Waals surface area contributed by atoms with Crippen LogP contribution in [0.5, 0.6) is 5.75 Å². The number of methoxy groups -OCH3 is 1. The molecule has 0 amide bonds. The van der Waals surface area contributed by atoms with Crippen LogP contribution < -0.4 is 4.74 Å². The molecule has 0 atom stereocenters. The van der Waals surface area contributed by atoms with Crippen molar-refractivity contribution in [2.24, 2.45) is 0 Å². The van der Waals surface area contributed by atoms with Gasteiger partial charge in [0.15, 0.2) is 0 Å². The van der Waals surface area contributed by atoms with Gasteiger partial charge in [-0.15, -0.1) is 0 Å². The maximum atomic E-state index is 9.55. The molecule has 0 fully saturated rings. The molecule has 0 saturated heterocycles. The summed E-state index contributed by atoms with van der Waals surface area (Å²) in [7, 11) is 1.66. The molecule has 2 heteroatoms. The Hall–Kier alpha value is -3.28. The Balaban J connectivity index is 1.66. The fraction of sp³-hybridized carbons (Fsp3) is 0.185. The molecule has 0 unspecified atom stereocenters. The number of aliphatic hydroxyl groups excluding tert-OH is 1. The maximum absolute atomic E-state index is 9.55. The maximum Gasteiger partial charge on any atom is 0.119 e. The lowest BCUT2D eigenvalue weighted by atomic mass is 9.94. The Kier molecular flexibility index (Phi) is 5.51. The fourth-order valence-electron chi connectivity index (χ4n) is 3.79. The highest BCUT2D eigenvalue weighted by atomic mass is 16.5. The van der Waals surface area contributed by atoms with Gasteiger partial charge in [-0.05, 0) is 77.9 Å². The molecule has 3 aromatic rings. The van der Waals surface area contributed by atoms with Crippen LogP contribution in [-0.4, -0.2) is 12.2 Å². The first-order valence-corrected chi connectivity index (χ1v) is 9.84. The Morgan fingerprint density at radius 2 is 1.76 bits per heavy atom. The standard InChI is InChI=1S/C27H24O2/c1-19-6-8-20(9-7-19)10-11-23-4-3-5-24-12-13-25(27(23)24)15-21-14-22(18-28)17-26(16-21)29-2/h3-9,13-14,16-17,28H,12,15,18H2,1-2H3. The molecular formula is C27H24O2. The van der Waals surface area contributed by atoms with Crippen LogP contribution in [0.1, 0.15) is 38.9 Å². The molecule has 0 heterocycles. The molecule has 0 radical (unpaired) electrons. The van der Waals surface area contributed by atoms with Crippen LogP contribution in [-0.2, 0) is 19.4 Å². The van der Waals surface area contributed by atoms with Crippen molar-refractivity contribution < 1.29 is 9.84 Å². The van der Waals surface area contributed by atoms with Crippen molar-refractivity contribution in [2.45, 2.75) is 26.4 Å². The molecule has 3 aromatic carbocycles. The predicted octanol–water partition coefficient (Wildman–Crippen LogP) is 5.08. The molecule has 144 valence electrons. The number of benzene rings is 3. The third-order valence-corrected chi connectivity index (χ3v) is 5.27. The summed E-state index contributed by atoms with van der Waals surface area (Å²) >= 11 is 0. The van der Waals surface area contributed by atoms with Crippen molar-refractivity contribution in [3.05, 3.63) is 106 Å². The Bertz CT molecular complexity index is 1100. The summed E-state index contributed by atoms with van der Waals surface area (Å²) in [5.74, 6) is 7.47. The zero-order valence-corrected chi connectivity index (χ0v) is 16.8. The monoisotopic (exact) mass is 380 g/mol. The lowest BCUT2D eigenvalue weighted by Crippen LogP contribution is -1.96. The third-order valence-electron chi connectivity index (χ3n) is 5.27. The smallest absolute Gasteiger partial charge is 0.119 e. The van der Waals surface area contributed by atoms with Gasteiger partial charge < -0.3 is 9.84 Å². The summed E-state index contributed by atoms with van der Waals surface area (Å²) in [6, 6.07) is 20.6. The summed E-state index contributed by atoms with van der Waals surface area (Å²) in [6.07, 6.45) is 4.02. The van der Waals surface area contributed by atoms with E-state index in [9.17, 15) is 5.11 Å². The Morgan fingerprint density at radius 1 is 0.966 bits per heavy atom. The van der Waals surface area contributed by atoms with Gasteiger partial charge in [0.05, 0.1) is 13.7 Å². The average Bonchev–Trinajstić information content (AvgIpc) is 3.16. The number of ether oxygens (including phenoxy) is 1. The van der Waals surface area contributed by atoms with E-state index in [4.69, 9.17) is 4.74 Å². The van der Waals surface area contributed by atoms with Crippen molar-refractivity contribution in [1.29, 1.82) is 0 Å². The topological polar surface area (TPSA) is 29.5 Å². The van der Waals surface area contributed by atoms with Crippen LogP contribution in [0, 0.1) is 18.8 Å². The molecule has 1 aliphatic carbocycles. The van der Waals surface area contributed by atoms with E-state index in [-0.39, 0.29) is 6.61 Å². The molecule has 4 rings (SSSR count). The van der Waals surface area contributed by atoms with E-state index in [2.05, 4.69) is 67.3 Å². The quantitative estimate of drug-likeness (QED) is 0.640. The first kappa shape index (κ1) is 19.1. The summed E-state index contributed by atoms with van der Waals surface area (Å²) in [6.45, 7) is 2.09. The summed E-state index contributed by atoms with van der Waals surface area (Å²) in [5, 5.41) is 9.55. The molecular weight excluding hydrogens is 356 g/mol. The van der Waals surface area contributed by atoms with Crippen molar-refractivity contribution in [1.82, 2.24) is 0 Å². The normalized spacial score (nSPS) is 12.0. The number of allylic oxidation sites excluding steroid dienone is 2. The second-order valence-electron chi connectivity index (χ2n) is 7.41. The van der Waals surface area contributed by atoms with Crippen LogP contribution in [0.25, 0.3) is 5.57 Å². The number of aryl methyl sites for hydroxylation is 1. The van der Waals surface area contributed by atoms with Crippen LogP contribution >= 0.6 is 0 Å². The van der Waals surface area contributed by atoms with E-state index in [1.54, 1.807) is 7.11 Å². The molecule has 0 aliphatic heterocycles. The first-order chi connectivity index (χ1) is 14.2. The molecule has 1 N–H and O–H groups in total. The molecule has 0 aromatic heterocycles. The second kappa shape index (κ2) is 8.39. The van der Waals surface area contributed by atoms with E-state index >= 15 is 0 Å². The highest BCUT2D eigenvalue weighted by molar-refractivity contribution is 5.79. The predicted molar refractivity (Wildman–Crippen MR) is 118 cm³/mol. The van der Waals surface area contributed by atoms with Crippen molar-refractivity contribution in [2.75, 3.05) is 7.11 Å². The van der Waals surface area contributed by atoms with Crippen LogP contribution in [0.2, 0.25) is 0 Å².